The Kier molecular flexibility index (Phi) is 7.63. The van der Waals surface area contributed by atoms with Gasteiger partial charge in [0, 0.05) is 17.5 Å². The highest BCUT2D eigenvalue weighted by atomic mass is 32.1. The normalized spacial score (nSPS) is 20.4. The lowest BCUT2D eigenvalue weighted by Crippen LogP contribution is -2.29. The lowest BCUT2D eigenvalue weighted by atomic mass is 10.0. The summed E-state index contributed by atoms with van der Waals surface area (Å²) in [6.07, 6.45) is 10.8. The number of ether oxygens (including phenoxy) is 1. The Labute approximate surface area is 127 Å². The molecule has 2 atom stereocenters. The first-order valence-electron chi connectivity index (χ1n) is 8.26. The molecule has 1 saturated heterocycles. The SMILES string of the molecule is CCNC(CCCc1cccs1)CCCC1CCCO1. The number of hydrogen-bond acceptors (Lipinski definition) is 3. The molecule has 0 bridgehead atoms. The quantitative estimate of drug-likeness (QED) is 0.691. The fourth-order valence-electron chi connectivity index (χ4n) is 3.08. The van der Waals surface area contributed by atoms with Crippen molar-refractivity contribution in [2.75, 3.05) is 13.2 Å². The summed E-state index contributed by atoms with van der Waals surface area (Å²) in [4.78, 5) is 1.53. The van der Waals surface area contributed by atoms with Gasteiger partial charge in [0.1, 0.15) is 0 Å². The van der Waals surface area contributed by atoms with Crippen molar-refractivity contribution >= 4 is 11.3 Å². The lowest BCUT2D eigenvalue weighted by Gasteiger charge is -2.18. The predicted molar refractivity (Wildman–Crippen MR) is 87.5 cm³/mol. The number of thiophene rings is 1. The summed E-state index contributed by atoms with van der Waals surface area (Å²) >= 11 is 1.89. The molecule has 2 nitrogen and oxygen atoms in total. The zero-order valence-corrected chi connectivity index (χ0v) is 13.6. The van der Waals surface area contributed by atoms with E-state index in [0.717, 1.165) is 13.2 Å². The monoisotopic (exact) mass is 295 g/mol. The van der Waals surface area contributed by atoms with Crippen LogP contribution in [0.5, 0.6) is 0 Å². The van der Waals surface area contributed by atoms with Crippen LogP contribution in [0.2, 0.25) is 0 Å². The van der Waals surface area contributed by atoms with E-state index in [1.807, 2.05) is 11.3 Å². The van der Waals surface area contributed by atoms with E-state index in [1.54, 1.807) is 0 Å². The Bertz CT molecular complexity index is 333. The number of nitrogens with one attached hydrogen (secondary N) is 1. The van der Waals surface area contributed by atoms with Gasteiger partial charge < -0.3 is 10.1 Å². The van der Waals surface area contributed by atoms with Gasteiger partial charge in [0.25, 0.3) is 0 Å². The topological polar surface area (TPSA) is 21.3 Å². The van der Waals surface area contributed by atoms with E-state index >= 15 is 0 Å². The van der Waals surface area contributed by atoms with Crippen LogP contribution in [0.25, 0.3) is 0 Å². The van der Waals surface area contributed by atoms with Crippen LogP contribution >= 0.6 is 11.3 Å². The summed E-state index contributed by atoms with van der Waals surface area (Å²) in [5.74, 6) is 0. The largest absolute Gasteiger partial charge is 0.378 e. The standard InChI is InChI=1S/C17H29NOS/c1-2-18-15(7-3-9-16-10-5-13-19-16)8-4-11-17-12-6-14-20-17/h6,12,14-16,18H,2-5,7-11,13H2,1H3. The summed E-state index contributed by atoms with van der Waals surface area (Å²) in [6, 6.07) is 5.11. The molecular weight excluding hydrogens is 266 g/mol. The second kappa shape index (κ2) is 9.54. The van der Waals surface area contributed by atoms with Gasteiger partial charge in [-0.2, -0.15) is 0 Å². The molecule has 1 aliphatic heterocycles. The molecule has 2 heterocycles. The van der Waals surface area contributed by atoms with Gasteiger partial charge in [-0.15, -0.1) is 11.3 Å². The fourth-order valence-corrected chi connectivity index (χ4v) is 3.83. The molecule has 0 radical (unpaired) electrons. The predicted octanol–water partition coefficient (Wildman–Crippen LogP) is 4.40. The van der Waals surface area contributed by atoms with Gasteiger partial charge in [-0.1, -0.05) is 13.0 Å². The molecule has 2 rings (SSSR count). The first-order valence-corrected chi connectivity index (χ1v) is 9.14. The number of rotatable bonds is 10. The molecule has 0 aromatic carbocycles. The molecule has 1 N–H and O–H groups in total. The molecule has 0 aliphatic carbocycles. The van der Waals surface area contributed by atoms with Gasteiger partial charge in [-0.25, -0.2) is 0 Å². The van der Waals surface area contributed by atoms with Gasteiger partial charge in [0.15, 0.2) is 0 Å². The van der Waals surface area contributed by atoms with Crippen LogP contribution in [0.1, 0.15) is 56.7 Å². The number of hydrogen-bond donors (Lipinski definition) is 1. The summed E-state index contributed by atoms with van der Waals surface area (Å²) < 4.78 is 5.71. The summed E-state index contributed by atoms with van der Waals surface area (Å²) in [5, 5.41) is 5.83. The van der Waals surface area contributed by atoms with Gasteiger partial charge >= 0.3 is 0 Å². The minimum Gasteiger partial charge on any atom is -0.378 e. The van der Waals surface area contributed by atoms with Crippen molar-refractivity contribution in [2.45, 2.75) is 70.4 Å². The van der Waals surface area contributed by atoms with E-state index in [1.165, 1.54) is 56.2 Å². The van der Waals surface area contributed by atoms with Crippen molar-refractivity contribution in [1.82, 2.24) is 5.32 Å². The third-order valence-corrected chi connectivity index (χ3v) is 5.09. The lowest BCUT2D eigenvalue weighted by molar-refractivity contribution is 0.101. The smallest absolute Gasteiger partial charge is 0.0576 e. The van der Waals surface area contributed by atoms with Crippen LogP contribution < -0.4 is 5.32 Å². The maximum absolute atomic E-state index is 5.71. The third-order valence-electron chi connectivity index (χ3n) is 4.15. The fraction of sp³-hybridized carbons (Fsp3) is 0.765. The maximum Gasteiger partial charge on any atom is 0.0576 e. The van der Waals surface area contributed by atoms with Gasteiger partial charge in [0.2, 0.25) is 0 Å². The van der Waals surface area contributed by atoms with Crippen LogP contribution in [0.15, 0.2) is 17.5 Å². The van der Waals surface area contributed by atoms with Gasteiger partial charge in [-0.3, -0.25) is 0 Å². The van der Waals surface area contributed by atoms with Crippen molar-refractivity contribution in [3.63, 3.8) is 0 Å². The first kappa shape index (κ1) is 16.0. The molecule has 0 amide bonds. The number of aryl methyl sites for hydroxylation is 1. The molecule has 1 aromatic rings. The highest BCUT2D eigenvalue weighted by Gasteiger charge is 2.16. The van der Waals surface area contributed by atoms with Crippen LogP contribution in [0.4, 0.5) is 0 Å². The minimum absolute atomic E-state index is 0.559. The molecule has 114 valence electrons. The summed E-state index contributed by atoms with van der Waals surface area (Å²) in [6.45, 7) is 4.29. The molecule has 0 spiro atoms. The Balaban J connectivity index is 1.58. The molecule has 1 aromatic heterocycles. The van der Waals surface area contributed by atoms with Crippen molar-refractivity contribution in [1.29, 1.82) is 0 Å². The van der Waals surface area contributed by atoms with Crippen molar-refractivity contribution < 1.29 is 4.74 Å². The Hall–Kier alpha value is -0.380. The second-order valence-electron chi connectivity index (χ2n) is 5.79. The highest BCUT2D eigenvalue weighted by molar-refractivity contribution is 7.09. The van der Waals surface area contributed by atoms with Crippen LogP contribution in [0, 0.1) is 0 Å². The average molecular weight is 295 g/mol. The summed E-state index contributed by atoms with van der Waals surface area (Å²) in [5.41, 5.74) is 0. The molecule has 20 heavy (non-hydrogen) atoms. The van der Waals surface area contributed by atoms with Crippen molar-refractivity contribution in [3.05, 3.63) is 22.4 Å². The molecule has 2 unspecified atom stereocenters. The van der Waals surface area contributed by atoms with Gasteiger partial charge in [-0.05, 0) is 69.4 Å². The molecule has 3 heteroatoms. The Morgan fingerprint density at radius 2 is 2.30 bits per heavy atom. The Morgan fingerprint density at radius 1 is 1.40 bits per heavy atom. The third kappa shape index (κ3) is 5.94. The van der Waals surface area contributed by atoms with Crippen LogP contribution in [-0.4, -0.2) is 25.3 Å². The molecular formula is C17H29NOS. The Morgan fingerprint density at radius 3 is 3.00 bits per heavy atom. The van der Waals surface area contributed by atoms with E-state index in [9.17, 15) is 0 Å². The van der Waals surface area contributed by atoms with Crippen LogP contribution in [0.3, 0.4) is 0 Å². The van der Waals surface area contributed by atoms with Crippen molar-refractivity contribution in [3.8, 4) is 0 Å². The zero-order valence-electron chi connectivity index (χ0n) is 12.8. The molecule has 1 fully saturated rings. The van der Waals surface area contributed by atoms with Crippen molar-refractivity contribution in [2.24, 2.45) is 0 Å². The highest BCUT2D eigenvalue weighted by Crippen LogP contribution is 2.19. The van der Waals surface area contributed by atoms with Gasteiger partial charge in [0.05, 0.1) is 6.10 Å². The zero-order chi connectivity index (χ0) is 14.0. The van der Waals surface area contributed by atoms with E-state index in [0.29, 0.717) is 12.1 Å². The molecule has 0 saturated carbocycles. The van der Waals surface area contributed by atoms with Crippen LogP contribution in [-0.2, 0) is 11.2 Å². The first-order chi connectivity index (χ1) is 9.88. The average Bonchev–Trinajstić information content (AvgIpc) is 3.11. The molecule has 1 aliphatic rings. The summed E-state index contributed by atoms with van der Waals surface area (Å²) in [7, 11) is 0. The van der Waals surface area contributed by atoms with E-state index in [2.05, 4.69) is 29.8 Å². The minimum atomic E-state index is 0.559. The maximum atomic E-state index is 5.71. The second-order valence-corrected chi connectivity index (χ2v) is 6.82. The van der Waals surface area contributed by atoms with E-state index < -0.39 is 0 Å². The van der Waals surface area contributed by atoms with E-state index in [4.69, 9.17) is 4.74 Å². The van der Waals surface area contributed by atoms with E-state index in [-0.39, 0.29) is 0 Å².